The first-order valence-corrected chi connectivity index (χ1v) is 9.50. The summed E-state index contributed by atoms with van der Waals surface area (Å²) in [6.07, 6.45) is 1.83. The van der Waals surface area contributed by atoms with Crippen LogP contribution in [0.4, 0.5) is 0 Å². The quantitative estimate of drug-likeness (QED) is 0.317. The smallest absolute Gasteiger partial charge is 0.0731 e. The van der Waals surface area contributed by atoms with Crippen LogP contribution in [0.5, 0.6) is 0 Å². The zero-order valence-electron chi connectivity index (χ0n) is 17.0. The summed E-state index contributed by atoms with van der Waals surface area (Å²) in [5.74, 6) is 0. The minimum atomic E-state index is 1.11. The third-order valence-electron chi connectivity index (χ3n) is 3.84. The number of rotatable bonds is 0. The maximum Gasteiger partial charge on any atom is 0.0731 e. The summed E-state index contributed by atoms with van der Waals surface area (Å²) in [5.41, 5.74) is 3.70. The van der Waals surface area contributed by atoms with Crippen LogP contribution in [-0.4, -0.2) is 4.98 Å². The maximum absolute atomic E-state index is 4.28. The third kappa shape index (κ3) is 5.70. The summed E-state index contributed by atoms with van der Waals surface area (Å²) < 4.78 is 0. The van der Waals surface area contributed by atoms with Crippen molar-refractivity contribution in [3.05, 3.63) is 90.1 Å². The molecule has 0 fully saturated rings. The Kier molecular flexibility index (Phi) is 9.71. The Labute approximate surface area is 158 Å². The fourth-order valence-corrected chi connectivity index (χ4v) is 2.64. The number of hydrogen-bond acceptors (Lipinski definition) is 1. The minimum absolute atomic E-state index is 1.11. The average molecular weight is 346 g/mol. The normalized spacial score (nSPS) is 9.15. The van der Waals surface area contributed by atoms with Crippen molar-refractivity contribution >= 4 is 21.7 Å². The first kappa shape index (κ1) is 21.4. The summed E-state index contributed by atoms with van der Waals surface area (Å²) in [7, 11) is 0. The van der Waals surface area contributed by atoms with E-state index < -0.39 is 0 Å². The molecule has 1 heterocycles. The minimum Gasteiger partial charge on any atom is -0.256 e. The lowest BCUT2D eigenvalue weighted by Gasteiger charge is -1.98. The lowest BCUT2D eigenvalue weighted by Crippen LogP contribution is -1.80. The zero-order valence-corrected chi connectivity index (χ0v) is 17.0. The van der Waals surface area contributed by atoms with Crippen molar-refractivity contribution in [1.82, 2.24) is 4.98 Å². The molecule has 0 atom stereocenters. The Morgan fingerprint density at radius 3 is 1.73 bits per heavy atom. The second kappa shape index (κ2) is 11.8. The van der Waals surface area contributed by atoms with Crippen LogP contribution in [0.2, 0.25) is 0 Å². The van der Waals surface area contributed by atoms with Gasteiger partial charge in [0, 0.05) is 11.6 Å². The summed E-state index contributed by atoms with van der Waals surface area (Å²) >= 11 is 0. The molecule has 0 aliphatic rings. The molecule has 0 aliphatic heterocycles. The van der Waals surface area contributed by atoms with Gasteiger partial charge >= 0.3 is 0 Å². The Morgan fingerprint density at radius 2 is 1.08 bits per heavy atom. The molecule has 4 aromatic rings. The van der Waals surface area contributed by atoms with Crippen molar-refractivity contribution in [3.8, 4) is 0 Å². The van der Waals surface area contributed by atoms with Gasteiger partial charge in [0.05, 0.1) is 5.52 Å². The summed E-state index contributed by atoms with van der Waals surface area (Å²) in [6, 6.07) is 25.1. The van der Waals surface area contributed by atoms with Crippen LogP contribution < -0.4 is 0 Å². The fourth-order valence-electron chi connectivity index (χ4n) is 2.64. The van der Waals surface area contributed by atoms with Gasteiger partial charge in [-0.2, -0.15) is 0 Å². The standard InChI is InChI=1S/C11H10.C10H9N.2C2H6/c1-9-5-4-7-10-6-2-3-8-11(9)10;1-8-4-2-5-9-6-3-7-11-10(8)9;2*1-2/h2-8H,1H3;2-7H,1H3;2*1-2H3. The maximum atomic E-state index is 4.28. The lowest BCUT2D eigenvalue weighted by molar-refractivity contribution is 1.37. The van der Waals surface area contributed by atoms with Crippen LogP contribution in [0, 0.1) is 13.8 Å². The highest BCUT2D eigenvalue weighted by atomic mass is 14.6. The van der Waals surface area contributed by atoms with Crippen LogP contribution in [-0.2, 0) is 0 Å². The molecule has 1 heteroatoms. The molecular formula is C25H31N. The number of para-hydroxylation sites is 1. The molecule has 0 N–H and O–H groups in total. The van der Waals surface area contributed by atoms with E-state index in [1.54, 1.807) is 0 Å². The topological polar surface area (TPSA) is 12.9 Å². The summed E-state index contributed by atoms with van der Waals surface area (Å²) in [5, 5.41) is 3.90. The van der Waals surface area contributed by atoms with Gasteiger partial charge in [-0.05, 0) is 41.8 Å². The van der Waals surface area contributed by atoms with Crippen LogP contribution in [0.3, 0.4) is 0 Å². The number of aromatic nitrogens is 1. The Balaban J connectivity index is 0.000000219. The number of nitrogens with zero attached hydrogens (tertiary/aromatic N) is 1. The van der Waals surface area contributed by atoms with E-state index in [-0.39, 0.29) is 0 Å². The highest BCUT2D eigenvalue weighted by Gasteiger charge is 1.94. The molecule has 0 radical (unpaired) electrons. The first-order chi connectivity index (χ1) is 12.8. The second-order valence-corrected chi connectivity index (χ2v) is 5.45. The molecule has 0 spiro atoms. The van der Waals surface area contributed by atoms with Crippen molar-refractivity contribution < 1.29 is 0 Å². The number of benzene rings is 3. The number of fused-ring (bicyclic) bond motifs is 2. The predicted octanol–water partition coefficient (Wildman–Crippen LogP) is 7.74. The third-order valence-corrected chi connectivity index (χ3v) is 3.84. The summed E-state index contributed by atoms with van der Waals surface area (Å²) in [6.45, 7) is 12.2. The number of aryl methyl sites for hydroxylation is 2. The van der Waals surface area contributed by atoms with E-state index in [9.17, 15) is 0 Å². The van der Waals surface area contributed by atoms with E-state index >= 15 is 0 Å². The first-order valence-electron chi connectivity index (χ1n) is 9.50. The zero-order chi connectivity index (χ0) is 19.4. The van der Waals surface area contributed by atoms with Crippen LogP contribution in [0.1, 0.15) is 38.8 Å². The molecule has 0 unspecified atom stereocenters. The number of pyridine rings is 1. The largest absolute Gasteiger partial charge is 0.256 e. The molecule has 3 aromatic carbocycles. The number of hydrogen-bond donors (Lipinski definition) is 0. The molecule has 0 amide bonds. The Hall–Kier alpha value is -2.67. The molecule has 26 heavy (non-hydrogen) atoms. The Morgan fingerprint density at radius 1 is 0.538 bits per heavy atom. The van der Waals surface area contributed by atoms with Gasteiger partial charge in [0.1, 0.15) is 0 Å². The lowest BCUT2D eigenvalue weighted by atomic mass is 10.1. The van der Waals surface area contributed by atoms with Crippen LogP contribution in [0.15, 0.2) is 79.0 Å². The van der Waals surface area contributed by atoms with Crippen molar-refractivity contribution in [2.24, 2.45) is 0 Å². The van der Waals surface area contributed by atoms with Gasteiger partial charge in [0.15, 0.2) is 0 Å². The van der Waals surface area contributed by atoms with Crippen molar-refractivity contribution in [1.29, 1.82) is 0 Å². The molecular weight excluding hydrogens is 314 g/mol. The SMILES string of the molecule is CC.CC.Cc1cccc2ccccc12.Cc1cccc2cccnc12. The fraction of sp³-hybridized carbons (Fsp3) is 0.240. The molecule has 0 saturated carbocycles. The highest BCUT2D eigenvalue weighted by molar-refractivity contribution is 5.85. The van der Waals surface area contributed by atoms with Gasteiger partial charge in [-0.1, -0.05) is 94.4 Å². The summed E-state index contributed by atoms with van der Waals surface area (Å²) in [4.78, 5) is 4.28. The predicted molar refractivity (Wildman–Crippen MR) is 118 cm³/mol. The second-order valence-electron chi connectivity index (χ2n) is 5.45. The average Bonchev–Trinajstić information content (AvgIpc) is 2.72. The monoisotopic (exact) mass is 345 g/mol. The van der Waals surface area contributed by atoms with Gasteiger partial charge in [0.2, 0.25) is 0 Å². The highest BCUT2D eigenvalue weighted by Crippen LogP contribution is 2.16. The van der Waals surface area contributed by atoms with E-state index in [1.807, 2.05) is 40.0 Å². The van der Waals surface area contributed by atoms with Gasteiger partial charge in [-0.15, -0.1) is 0 Å². The van der Waals surface area contributed by atoms with E-state index in [2.05, 4.69) is 85.6 Å². The Bertz CT molecular complexity index is 822. The van der Waals surface area contributed by atoms with E-state index in [4.69, 9.17) is 0 Å². The van der Waals surface area contributed by atoms with E-state index in [0.717, 1.165) is 5.52 Å². The molecule has 0 bridgehead atoms. The van der Waals surface area contributed by atoms with Gasteiger partial charge < -0.3 is 0 Å². The molecule has 136 valence electrons. The van der Waals surface area contributed by atoms with Crippen LogP contribution >= 0.6 is 0 Å². The van der Waals surface area contributed by atoms with Crippen LogP contribution in [0.25, 0.3) is 21.7 Å². The molecule has 1 nitrogen and oxygen atoms in total. The van der Waals surface area contributed by atoms with Gasteiger partial charge in [0.25, 0.3) is 0 Å². The molecule has 0 saturated heterocycles. The van der Waals surface area contributed by atoms with Gasteiger partial charge in [-0.25, -0.2) is 0 Å². The molecule has 1 aromatic heterocycles. The van der Waals surface area contributed by atoms with Crippen molar-refractivity contribution in [2.45, 2.75) is 41.5 Å². The van der Waals surface area contributed by atoms with E-state index in [1.165, 1.54) is 27.3 Å². The molecule has 4 rings (SSSR count). The van der Waals surface area contributed by atoms with Crippen molar-refractivity contribution in [3.63, 3.8) is 0 Å². The molecule has 0 aliphatic carbocycles. The van der Waals surface area contributed by atoms with Gasteiger partial charge in [-0.3, -0.25) is 4.98 Å². The van der Waals surface area contributed by atoms with E-state index in [0.29, 0.717) is 0 Å². The van der Waals surface area contributed by atoms with Crippen molar-refractivity contribution in [2.75, 3.05) is 0 Å².